The maximum absolute atomic E-state index is 5.95. The Labute approximate surface area is 155 Å². The van der Waals surface area contributed by atoms with Crippen molar-refractivity contribution in [1.82, 2.24) is 10.6 Å². The van der Waals surface area contributed by atoms with Gasteiger partial charge in [0.05, 0.1) is 19.7 Å². The molecule has 142 valence electrons. The van der Waals surface area contributed by atoms with Crippen LogP contribution >= 0.6 is 0 Å². The van der Waals surface area contributed by atoms with Crippen LogP contribution in [0.4, 0.5) is 0 Å². The lowest BCUT2D eigenvalue weighted by Crippen LogP contribution is -2.39. The van der Waals surface area contributed by atoms with Crippen molar-refractivity contribution in [1.29, 1.82) is 0 Å². The van der Waals surface area contributed by atoms with E-state index < -0.39 is 0 Å². The van der Waals surface area contributed by atoms with E-state index in [1.54, 1.807) is 7.11 Å². The lowest BCUT2D eigenvalue weighted by atomic mass is 10.2. The molecule has 26 heavy (non-hydrogen) atoms. The Morgan fingerprint density at radius 1 is 1.15 bits per heavy atom. The van der Waals surface area contributed by atoms with Crippen LogP contribution in [-0.2, 0) is 0 Å². The van der Waals surface area contributed by atoms with Crippen molar-refractivity contribution in [3.8, 4) is 11.5 Å². The highest BCUT2D eigenvalue weighted by atomic mass is 16.5. The molecule has 6 nitrogen and oxygen atoms in total. The number of benzene rings is 1. The van der Waals surface area contributed by atoms with Crippen LogP contribution in [0.3, 0.4) is 0 Å². The normalized spacial score (nSPS) is 13.8. The summed E-state index contributed by atoms with van der Waals surface area (Å²) in [7, 11) is 1.63. The molecule has 0 aliphatic heterocycles. The quantitative estimate of drug-likeness (QED) is 0.556. The van der Waals surface area contributed by atoms with Gasteiger partial charge in [0.25, 0.3) is 0 Å². The topological polar surface area (TPSA) is 68.0 Å². The maximum Gasteiger partial charge on any atom is 0.191 e. The number of para-hydroxylation sites is 2. The summed E-state index contributed by atoms with van der Waals surface area (Å²) >= 11 is 0. The van der Waals surface area contributed by atoms with Gasteiger partial charge in [-0.2, -0.15) is 0 Å². The standard InChI is InChI=1S/C20H29N3O3/c1-6-21-20(23-16(4)17-12-11-14(2)25-17)22-13-15(3)26-19-10-8-7-9-18(19)24-5/h7-12,15-16H,6,13H2,1-5H3,(H2,21,22,23). The number of ether oxygens (including phenoxy) is 2. The lowest BCUT2D eigenvalue weighted by molar-refractivity contribution is 0.219. The number of aryl methyl sites for hydroxylation is 1. The summed E-state index contributed by atoms with van der Waals surface area (Å²) < 4.78 is 16.9. The first-order valence-corrected chi connectivity index (χ1v) is 8.94. The molecule has 0 spiro atoms. The number of aliphatic imine (C=N–C) groups is 1. The van der Waals surface area contributed by atoms with E-state index in [4.69, 9.17) is 13.9 Å². The Hall–Kier alpha value is -2.63. The predicted octanol–water partition coefficient (Wildman–Crippen LogP) is 3.68. The zero-order valence-electron chi connectivity index (χ0n) is 16.2. The Balaban J connectivity index is 1.96. The van der Waals surface area contributed by atoms with Crippen LogP contribution in [0.15, 0.2) is 45.8 Å². The average Bonchev–Trinajstić information content (AvgIpc) is 3.07. The third-order valence-corrected chi connectivity index (χ3v) is 3.79. The number of rotatable bonds is 8. The van der Waals surface area contributed by atoms with Gasteiger partial charge in [0.2, 0.25) is 0 Å². The van der Waals surface area contributed by atoms with Gasteiger partial charge in [0, 0.05) is 6.54 Å². The molecule has 0 saturated heterocycles. The smallest absolute Gasteiger partial charge is 0.191 e. The fraction of sp³-hybridized carbons (Fsp3) is 0.450. The van der Waals surface area contributed by atoms with Crippen LogP contribution in [0.1, 0.15) is 38.3 Å². The average molecular weight is 359 g/mol. The van der Waals surface area contributed by atoms with Gasteiger partial charge in [-0.25, -0.2) is 4.99 Å². The lowest BCUT2D eigenvalue weighted by Gasteiger charge is -2.18. The van der Waals surface area contributed by atoms with Gasteiger partial charge in [0.15, 0.2) is 17.5 Å². The number of hydrogen-bond acceptors (Lipinski definition) is 4. The van der Waals surface area contributed by atoms with E-state index in [1.165, 1.54) is 0 Å². The second-order valence-corrected chi connectivity index (χ2v) is 6.11. The molecule has 6 heteroatoms. The van der Waals surface area contributed by atoms with Gasteiger partial charge in [-0.1, -0.05) is 12.1 Å². The fourth-order valence-electron chi connectivity index (χ4n) is 2.47. The predicted molar refractivity (Wildman–Crippen MR) is 104 cm³/mol. The van der Waals surface area contributed by atoms with Crippen LogP contribution in [-0.4, -0.2) is 32.3 Å². The van der Waals surface area contributed by atoms with Crippen molar-refractivity contribution in [2.24, 2.45) is 4.99 Å². The van der Waals surface area contributed by atoms with Gasteiger partial charge in [-0.05, 0) is 52.0 Å². The van der Waals surface area contributed by atoms with Crippen LogP contribution in [0.2, 0.25) is 0 Å². The van der Waals surface area contributed by atoms with Crippen LogP contribution in [0.25, 0.3) is 0 Å². The molecule has 2 N–H and O–H groups in total. The van der Waals surface area contributed by atoms with E-state index in [0.717, 1.165) is 35.5 Å². The molecule has 1 aromatic carbocycles. The van der Waals surface area contributed by atoms with E-state index in [0.29, 0.717) is 6.54 Å². The number of nitrogens with zero attached hydrogens (tertiary/aromatic N) is 1. The fourth-order valence-corrected chi connectivity index (χ4v) is 2.47. The van der Waals surface area contributed by atoms with Crippen LogP contribution in [0.5, 0.6) is 11.5 Å². The Bertz CT molecular complexity index is 712. The third-order valence-electron chi connectivity index (χ3n) is 3.79. The van der Waals surface area contributed by atoms with Crippen molar-refractivity contribution in [3.63, 3.8) is 0 Å². The molecule has 1 heterocycles. The summed E-state index contributed by atoms with van der Waals surface area (Å²) in [5.41, 5.74) is 0. The first-order chi connectivity index (χ1) is 12.5. The molecule has 2 atom stereocenters. The largest absolute Gasteiger partial charge is 0.493 e. The number of furan rings is 1. The highest BCUT2D eigenvalue weighted by Crippen LogP contribution is 2.26. The van der Waals surface area contributed by atoms with Gasteiger partial charge >= 0.3 is 0 Å². The van der Waals surface area contributed by atoms with Gasteiger partial charge < -0.3 is 24.5 Å². The molecule has 0 fully saturated rings. The number of guanidine groups is 1. The van der Waals surface area contributed by atoms with Crippen molar-refractivity contribution < 1.29 is 13.9 Å². The van der Waals surface area contributed by atoms with E-state index in [2.05, 4.69) is 15.6 Å². The Kier molecular flexibility index (Phi) is 7.38. The SMILES string of the molecule is CCNC(=NCC(C)Oc1ccccc1OC)NC(C)c1ccc(C)o1. The number of methoxy groups -OCH3 is 1. The molecule has 2 rings (SSSR count). The molecule has 0 saturated carbocycles. The second-order valence-electron chi connectivity index (χ2n) is 6.11. The van der Waals surface area contributed by atoms with E-state index in [9.17, 15) is 0 Å². The molecule has 1 aromatic heterocycles. The summed E-state index contributed by atoms with van der Waals surface area (Å²) in [6.45, 7) is 9.29. The molecule has 0 radical (unpaired) electrons. The van der Waals surface area contributed by atoms with Crippen molar-refractivity contribution in [3.05, 3.63) is 47.9 Å². The summed E-state index contributed by atoms with van der Waals surface area (Å²) in [6, 6.07) is 11.6. The zero-order valence-corrected chi connectivity index (χ0v) is 16.2. The minimum Gasteiger partial charge on any atom is -0.493 e. The monoisotopic (exact) mass is 359 g/mol. The van der Waals surface area contributed by atoms with E-state index in [-0.39, 0.29) is 12.1 Å². The van der Waals surface area contributed by atoms with Crippen molar-refractivity contribution >= 4 is 5.96 Å². The van der Waals surface area contributed by atoms with Crippen molar-refractivity contribution in [2.75, 3.05) is 20.2 Å². The molecule has 2 aromatic rings. The first kappa shape index (κ1) is 19.7. The second kappa shape index (κ2) is 9.75. The zero-order chi connectivity index (χ0) is 18.9. The maximum atomic E-state index is 5.95. The van der Waals surface area contributed by atoms with Crippen LogP contribution < -0.4 is 20.1 Å². The van der Waals surface area contributed by atoms with Gasteiger partial charge in [-0.3, -0.25) is 0 Å². The molecule has 0 amide bonds. The van der Waals surface area contributed by atoms with Gasteiger partial charge in [0.1, 0.15) is 17.6 Å². The third kappa shape index (κ3) is 5.72. The molecule has 0 aliphatic carbocycles. The summed E-state index contributed by atoms with van der Waals surface area (Å²) in [4.78, 5) is 4.62. The van der Waals surface area contributed by atoms with Crippen molar-refractivity contribution in [2.45, 2.75) is 39.8 Å². The highest BCUT2D eigenvalue weighted by molar-refractivity contribution is 5.80. The minimum absolute atomic E-state index is 0.0203. The summed E-state index contributed by atoms with van der Waals surface area (Å²) in [5.74, 6) is 3.94. The van der Waals surface area contributed by atoms with E-state index in [1.807, 2.05) is 64.1 Å². The molecular formula is C20H29N3O3. The van der Waals surface area contributed by atoms with Crippen LogP contribution in [0, 0.1) is 6.92 Å². The molecular weight excluding hydrogens is 330 g/mol. The van der Waals surface area contributed by atoms with Gasteiger partial charge in [-0.15, -0.1) is 0 Å². The Morgan fingerprint density at radius 2 is 1.88 bits per heavy atom. The molecule has 2 unspecified atom stereocenters. The Morgan fingerprint density at radius 3 is 2.50 bits per heavy atom. The first-order valence-electron chi connectivity index (χ1n) is 8.94. The minimum atomic E-state index is -0.0945. The summed E-state index contributed by atoms with van der Waals surface area (Å²) in [5, 5.41) is 6.60. The highest BCUT2D eigenvalue weighted by Gasteiger charge is 2.12. The number of hydrogen-bond donors (Lipinski definition) is 2. The summed E-state index contributed by atoms with van der Waals surface area (Å²) in [6.07, 6.45) is -0.0945. The molecule has 0 bridgehead atoms. The molecule has 0 aliphatic rings. The number of nitrogens with one attached hydrogen (secondary N) is 2. The van der Waals surface area contributed by atoms with E-state index >= 15 is 0 Å².